The van der Waals surface area contributed by atoms with E-state index in [0.717, 1.165) is 24.3 Å². The molecule has 2 atom stereocenters. The second-order valence-electron chi connectivity index (χ2n) is 3.97. The number of hydrogen-bond donors (Lipinski definition) is 1. The molecule has 0 aliphatic heterocycles. The van der Waals surface area contributed by atoms with Gasteiger partial charge in [0.2, 0.25) is 0 Å². The van der Waals surface area contributed by atoms with E-state index in [2.05, 4.69) is 12.2 Å². The summed E-state index contributed by atoms with van der Waals surface area (Å²) in [5.74, 6) is 0.510. The van der Waals surface area contributed by atoms with Gasteiger partial charge in [0.25, 0.3) is 0 Å². The van der Waals surface area contributed by atoms with Crippen molar-refractivity contribution in [1.82, 2.24) is 5.32 Å². The van der Waals surface area contributed by atoms with Crippen LogP contribution in [0.2, 0.25) is 0 Å². The molecule has 1 aromatic carbocycles. The maximum absolute atomic E-state index is 12.6. The van der Waals surface area contributed by atoms with Crippen molar-refractivity contribution in [2.45, 2.75) is 25.9 Å². The molecule has 4 heteroatoms. The van der Waals surface area contributed by atoms with Gasteiger partial charge in [0.15, 0.2) is 0 Å². The van der Waals surface area contributed by atoms with Crippen molar-refractivity contribution in [3.8, 4) is 0 Å². The molecule has 0 aromatic heterocycles. The van der Waals surface area contributed by atoms with Crippen molar-refractivity contribution in [3.63, 3.8) is 0 Å². The average molecular weight is 243 g/mol. The first-order chi connectivity index (χ1) is 7.58. The molecule has 0 spiro atoms. The predicted molar refractivity (Wildman–Crippen MR) is 66.3 cm³/mol. The molecule has 0 radical (unpaired) electrons. The molecule has 0 aliphatic rings. The monoisotopic (exact) mass is 243 g/mol. The molecule has 2 nitrogen and oxygen atoms in total. The summed E-state index contributed by atoms with van der Waals surface area (Å²) in [4.78, 5) is 0. The molecule has 1 rings (SSSR count). The van der Waals surface area contributed by atoms with Crippen molar-refractivity contribution in [3.05, 3.63) is 35.6 Å². The van der Waals surface area contributed by atoms with E-state index in [1.165, 1.54) is 12.1 Å². The van der Waals surface area contributed by atoms with Gasteiger partial charge in [-0.05, 0) is 31.0 Å². The predicted octanol–water partition coefficient (Wildman–Crippen LogP) is 2.07. The van der Waals surface area contributed by atoms with Crippen LogP contribution in [-0.4, -0.2) is 22.3 Å². The highest BCUT2D eigenvalue weighted by Crippen LogP contribution is 2.03. The Kier molecular flexibility index (Phi) is 5.63. The van der Waals surface area contributed by atoms with Gasteiger partial charge in [0.1, 0.15) is 5.82 Å². The zero-order valence-electron chi connectivity index (χ0n) is 9.70. The number of benzene rings is 1. The molecule has 1 N–H and O–H groups in total. The molecule has 16 heavy (non-hydrogen) atoms. The van der Waals surface area contributed by atoms with E-state index in [9.17, 15) is 8.60 Å². The van der Waals surface area contributed by atoms with E-state index < -0.39 is 10.8 Å². The standard InChI is InChI=1S/C12H18FNOS/c1-10(7-8-16(2)15)14-9-11-3-5-12(13)6-4-11/h3-6,10,14H,7-9H2,1-2H3/t10-,16-/m0/s1. The van der Waals surface area contributed by atoms with Crippen LogP contribution in [0, 0.1) is 5.82 Å². The highest BCUT2D eigenvalue weighted by Gasteiger charge is 2.02. The molecule has 1 aromatic rings. The molecule has 0 aliphatic carbocycles. The Morgan fingerprint density at radius 1 is 1.38 bits per heavy atom. The second kappa shape index (κ2) is 6.76. The molecular formula is C12H18FNOS. The minimum absolute atomic E-state index is 0.210. The molecular weight excluding hydrogens is 225 g/mol. The minimum Gasteiger partial charge on any atom is -0.310 e. The van der Waals surface area contributed by atoms with Crippen molar-refractivity contribution in [2.24, 2.45) is 0 Å². The van der Waals surface area contributed by atoms with Crippen LogP contribution in [0.5, 0.6) is 0 Å². The maximum atomic E-state index is 12.6. The molecule has 0 saturated heterocycles. The average Bonchev–Trinajstić information content (AvgIpc) is 2.25. The van der Waals surface area contributed by atoms with Crippen LogP contribution < -0.4 is 5.32 Å². The van der Waals surface area contributed by atoms with Gasteiger partial charge in [0.05, 0.1) is 0 Å². The molecule has 0 amide bonds. The summed E-state index contributed by atoms with van der Waals surface area (Å²) in [7, 11) is -0.727. The van der Waals surface area contributed by atoms with Crippen LogP contribution in [-0.2, 0) is 17.3 Å². The molecule has 90 valence electrons. The largest absolute Gasteiger partial charge is 0.310 e. The van der Waals surface area contributed by atoms with E-state index in [0.29, 0.717) is 6.04 Å². The molecule has 0 fully saturated rings. The summed E-state index contributed by atoms with van der Waals surface area (Å²) < 4.78 is 23.5. The topological polar surface area (TPSA) is 29.1 Å². The van der Waals surface area contributed by atoms with E-state index in [-0.39, 0.29) is 5.82 Å². The van der Waals surface area contributed by atoms with Gasteiger partial charge in [-0.1, -0.05) is 12.1 Å². The first kappa shape index (κ1) is 13.3. The smallest absolute Gasteiger partial charge is 0.123 e. The van der Waals surface area contributed by atoms with Gasteiger partial charge < -0.3 is 5.32 Å². The highest BCUT2D eigenvalue weighted by atomic mass is 32.2. The van der Waals surface area contributed by atoms with Gasteiger partial charge in [-0.15, -0.1) is 0 Å². The summed E-state index contributed by atoms with van der Waals surface area (Å²) in [6.07, 6.45) is 2.61. The summed E-state index contributed by atoms with van der Waals surface area (Å²) in [5, 5.41) is 3.32. The van der Waals surface area contributed by atoms with Crippen molar-refractivity contribution >= 4 is 10.8 Å². The Morgan fingerprint density at radius 2 is 2.00 bits per heavy atom. The first-order valence-corrected chi connectivity index (χ1v) is 7.08. The number of halogens is 1. The Morgan fingerprint density at radius 3 is 2.56 bits per heavy atom. The van der Waals surface area contributed by atoms with E-state index in [1.54, 1.807) is 18.4 Å². The van der Waals surface area contributed by atoms with Crippen molar-refractivity contribution < 1.29 is 8.60 Å². The number of rotatable bonds is 6. The zero-order valence-corrected chi connectivity index (χ0v) is 10.5. The van der Waals surface area contributed by atoms with Crippen LogP contribution in [0.25, 0.3) is 0 Å². The third-order valence-electron chi connectivity index (χ3n) is 2.41. The first-order valence-electron chi connectivity index (χ1n) is 5.36. The van der Waals surface area contributed by atoms with Crippen molar-refractivity contribution in [2.75, 3.05) is 12.0 Å². The number of hydrogen-bond acceptors (Lipinski definition) is 2. The van der Waals surface area contributed by atoms with Crippen LogP contribution >= 0.6 is 0 Å². The van der Waals surface area contributed by atoms with E-state index in [1.807, 2.05) is 0 Å². The fourth-order valence-electron chi connectivity index (χ4n) is 1.34. The summed E-state index contributed by atoms with van der Waals surface area (Å²) in [6, 6.07) is 6.79. The Balaban J connectivity index is 2.28. The highest BCUT2D eigenvalue weighted by molar-refractivity contribution is 7.84. The fourth-order valence-corrected chi connectivity index (χ4v) is 2.02. The second-order valence-corrected chi connectivity index (χ2v) is 5.53. The third kappa shape index (κ3) is 5.37. The lowest BCUT2D eigenvalue weighted by atomic mass is 10.2. The Bertz CT molecular complexity index is 339. The minimum atomic E-state index is -0.727. The fraction of sp³-hybridized carbons (Fsp3) is 0.500. The van der Waals surface area contributed by atoms with Crippen LogP contribution in [0.3, 0.4) is 0 Å². The lowest BCUT2D eigenvalue weighted by molar-refractivity contribution is 0.534. The van der Waals surface area contributed by atoms with Gasteiger partial charge in [-0.25, -0.2) is 4.39 Å². The zero-order chi connectivity index (χ0) is 12.0. The van der Waals surface area contributed by atoms with Crippen LogP contribution in [0.1, 0.15) is 18.9 Å². The van der Waals surface area contributed by atoms with E-state index >= 15 is 0 Å². The van der Waals surface area contributed by atoms with Gasteiger partial charge >= 0.3 is 0 Å². The lowest BCUT2D eigenvalue weighted by Crippen LogP contribution is -2.26. The Hall–Kier alpha value is -0.740. The third-order valence-corrected chi connectivity index (χ3v) is 3.22. The van der Waals surface area contributed by atoms with Gasteiger partial charge in [-0.3, -0.25) is 4.21 Å². The lowest BCUT2D eigenvalue weighted by Gasteiger charge is -2.12. The SMILES string of the molecule is C[C@@H](CC[S@](C)=O)NCc1ccc(F)cc1. The Labute approximate surface area is 98.7 Å². The summed E-state index contributed by atoms with van der Waals surface area (Å²) in [5.41, 5.74) is 1.06. The molecule has 0 saturated carbocycles. The van der Waals surface area contributed by atoms with Gasteiger partial charge in [0, 0.05) is 35.4 Å². The number of nitrogens with one attached hydrogen (secondary N) is 1. The van der Waals surface area contributed by atoms with E-state index in [4.69, 9.17) is 0 Å². The molecule has 0 bridgehead atoms. The molecule has 0 heterocycles. The summed E-state index contributed by atoms with van der Waals surface area (Å²) in [6.45, 7) is 2.79. The normalized spacial score (nSPS) is 14.7. The van der Waals surface area contributed by atoms with Crippen LogP contribution in [0.4, 0.5) is 4.39 Å². The quantitative estimate of drug-likeness (QED) is 0.828. The van der Waals surface area contributed by atoms with Crippen molar-refractivity contribution in [1.29, 1.82) is 0 Å². The summed E-state index contributed by atoms with van der Waals surface area (Å²) >= 11 is 0. The van der Waals surface area contributed by atoms with Crippen LogP contribution in [0.15, 0.2) is 24.3 Å². The molecule has 0 unspecified atom stereocenters. The maximum Gasteiger partial charge on any atom is 0.123 e. The van der Waals surface area contributed by atoms with Gasteiger partial charge in [-0.2, -0.15) is 0 Å².